The molecular formula is C20H24INO4. The minimum Gasteiger partial charge on any atom is -0.504 e. The van der Waals surface area contributed by atoms with Crippen molar-refractivity contribution in [1.82, 2.24) is 4.90 Å². The predicted molar refractivity (Wildman–Crippen MR) is 110 cm³/mol. The van der Waals surface area contributed by atoms with Crippen LogP contribution in [0.5, 0.6) is 23.0 Å². The first-order valence-corrected chi connectivity index (χ1v) is 9.56. The molecule has 0 unspecified atom stereocenters. The van der Waals surface area contributed by atoms with Gasteiger partial charge in [0, 0.05) is 16.2 Å². The average Bonchev–Trinajstić information content (AvgIpc) is 2.64. The van der Waals surface area contributed by atoms with Gasteiger partial charge in [0.25, 0.3) is 0 Å². The molecule has 0 saturated carbocycles. The Hall–Kier alpha value is -1.67. The third kappa shape index (κ3) is 3.57. The van der Waals surface area contributed by atoms with E-state index in [9.17, 15) is 5.11 Å². The first-order chi connectivity index (χ1) is 12.5. The van der Waals surface area contributed by atoms with Crippen LogP contribution in [0.3, 0.4) is 0 Å². The van der Waals surface area contributed by atoms with E-state index in [2.05, 4.69) is 34.5 Å². The van der Waals surface area contributed by atoms with Crippen LogP contribution < -0.4 is 14.2 Å². The van der Waals surface area contributed by atoms with Crippen LogP contribution in [0.2, 0.25) is 0 Å². The molecule has 1 N–H and O–H groups in total. The minimum absolute atomic E-state index is 0.183. The van der Waals surface area contributed by atoms with E-state index in [1.807, 2.05) is 24.3 Å². The first kappa shape index (κ1) is 19.1. The van der Waals surface area contributed by atoms with E-state index in [0.29, 0.717) is 5.75 Å². The lowest BCUT2D eigenvalue weighted by Gasteiger charge is -2.35. The number of halogens is 1. The molecule has 2 aromatic rings. The van der Waals surface area contributed by atoms with Crippen molar-refractivity contribution in [3.63, 3.8) is 0 Å². The highest BCUT2D eigenvalue weighted by molar-refractivity contribution is 14.1. The molecule has 0 saturated heterocycles. The average molecular weight is 465 g/mol. The Labute approximate surface area is 168 Å². The molecule has 0 aliphatic carbocycles. The van der Waals surface area contributed by atoms with Crippen LogP contribution in [0.15, 0.2) is 24.3 Å². The van der Waals surface area contributed by atoms with Crippen molar-refractivity contribution in [3.8, 4) is 23.0 Å². The molecule has 1 aliphatic heterocycles. The van der Waals surface area contributed by atoms with Crippen molar-refractivity contribution in [2.75, 3.05) is 34.9 Å². The van der Waals surface area contributed by atoms with Gasteiger partial charge in [-0.15, -0.1) is 0 Å². The lowest BCUT2D eigenvalue weighted by Crippen LogP contribution is -2.33. The lowest BCUT2D eigenvalue weighted by atomic mass is 9.88. The van der Waals surface area contributed by atoms with Gasteiger partial charge in [-0.05, 0) is 83.4 Å². The summed E-state index contributed by atoms with van der Waals surface area (Å²) in [4.78, 5) is 2.33. The Morgan fingerprint density at radius 3 is 2.35 bits per heavy atom. The SMILES string of the molecule is COc1cc2c(cc1O)[C@H](Cc1cc(OC)c(OC)cc1[123I])N(C)CC2. The molecule has 6 heteroatoms. The van der Waals surface area contributed by atoms with Crippen LogP contribution in [-0.2, 0) is 12.8 Å². The Kier molecular flexibility index (Phi) is 5.82. The maximum Gasteiger partial charge on any atom is 0.161 e. The first-order valence-electron chi connectivity index (χ1n) is 8.48. The second kappa shape index (κ2) is 7.92. The van der Waals surface area contributed by atoms with E-state index in [0.717, 1.165) is 40.0 Å². The van der Waals surface area contributed by atoms with E-state index in [4.69, 9.17) is 14.2 Å². The number of hydrogen-bond acceptors (Lipinski definition) is 5. The van der Waals surface area contributed by atoms with Gasteiger partial charge in [-0.25, -0.2) is 0 Å². The van der Waals surface area contributed by atoms with Crippen LogP contribution in [0.1, 0.15) is 22.7 Å². The monoisotopic (exact) mass is 465 g/mol. The molecule has 1 atom stereocenters. The number of phenols is 1. The molecule has 5 nitrogen and oxygen atoms in total. The molecule has 0 amide bonds. The largest absolute Gasteiger partial charge is 0.504 e. The molecule has 1 aliphatic rings. The van der Waals surface area contributed by atoms with Gasteiger partial charge in [0.2, 0.25) is 0 Å². The Balaban J connectivity index is 1.99. The summed E-state index contributed by atoms with van der Waals surface area (Å²) >= 11 is 2.34. The van der Waals surface area contributed by atoms with Gasteiger partial charge in [0.05, 0.1) is 21.3 Å². The van der Waals surface area contributed by atoms with Crippen LogP contribution in [-0.4, -0.2) is 44.9 Å². The number of methoxy groups -OCH3 is 3. The molecule has 0 radical (unpaired) electrons. The minimum atomic E-state index is 0.183. The molecule has 1 heterocycles. The summed E-state index contributed by atoms with van der Waals surface area (Å²) in [6.07, 6.45) is 1.77. The summed E-state index contributed by atoms with van der Waals surface area (Å²) in [5.74, 6) is 2.20. The quantitative estimate of drug-likeness (QED) is 0.682. The van der Waals surface area contributed by atoms with Gasteiger partial charge in [-0.1, -0.05) is 0 Å². The maximum atomic E-state index is 10.3. The molecule has 0 fully saturated rings. The van der Waals surface area contributed by atoms with Crippen LogP contribution in [0.4, 0.5) is 0 Å². The van der Waals surface area contributed by atoms with Gasteiger partial charge in [0.1, 0.15) is 0 Å². The standard InChI is InChI=1S/C20H24INO4/c1-22-6-5-12-8-18(24-2)17(23)10-14(12)16(22)7-13-9-19(25-3)20(26-4)11-15(13)21/h8-11,16,23H,5-7H2,1-4H3/t16-/m0/s1/i21-4. The van der Waals surface area contributed by atoms with E-state index >= 15 is 0 Å². The predicted octanol–water partition coefficient (Wildman–Crippen LogP) is 3.79. The number of nitrogens with zero attached hydrogens (tertiary/aromatic N) is 1. The van der Waals surface area contributed by atoms with Gasteiger partial charge in [0.15, 0.2) is 23.0 Å². The number of fused-ring (bicyclic) bond motifs is 1. The lowest BCUT2D eigenvalue weighted by molar-refractivity contribution is 0.227. The fourth-order valence-electron chi connectivity index (χ4n) is 3.53. The Morgan fingerprint density at radius 1 is 1.04 bits per heavy atom. The van der Waals surface area contributed by atoms with E-state index in [-0.39, 0.29) is 11.8 Å². The number of hydrogen-bond donors (Lipinski definition) is 1. The zero-order valence-corrected chi connectivity index (χ0v) is 17.7. The molecule has 0 spiro atoms. The fraction of sp³-hybridized carbons (Fsp3) is 0.400. The highest BCUT2D eigenvalue weighted by atomic mass is 123. The Morgan fingerprint density at radius 2 is 1.69 bits per heavy atom. The fourth-order valence-corrected chi connectivity index (χ4v) is 4.19. The van der Waals surface area contributed by atoms with Gasteiger partial charge >= 0.3 is 0 Å². The molecule has 0 aromatic heterocycles. The number of aromatic hydroxyl groups is 1. The number of likely N-dealkylation sites (N-methyl/N-ethyl adjacent to an activating group) is 1. The number of rotatable bonds is 5. The Bertz CT molecular complexity index is 809. The molecule has 0 bridgehead atoms. The van der Waals surface area contributed by atoms with Gasteiger partial charge < -0.3 is 19.3 Å². The summed E-state index contributed by atoms with van der Waals surface area (Å²) in [6, 6.07) is 8.05. The van der Waals surface area contributed by atoms with E-state index in [1.54, 1.807) is 21.3 Å². The van der Waals surface area contributed by atoms with Crippen molar-refractivity contribution < 1.29 is 19.3 Å². The van der Waals surface area contributed by atoms with E-state index in [1.165, 1.54) is 11.1 Å². The molecule has 3 rings (SSSR count). The third-order valence-corrected chi connectivity index (χ3v) is 6.04. The number of benzene rings is 2. The van der Waals surface area contributed by atoms with Crippen molar-refractivity contribution in [2.24, 2.45) is 0 Å². The maximum absolute atomic E-state index is 10.3. The normalized spacial score (nSPS) is 16.9. The van der Waals surface area contributed by atoms with Crippen molar-refractivity contribution in [1.29, 1.82) is 0 Å². The molecular weight excluding hydrogens is 441 g/mol. The summed E-state index contributed by atoms with van der Waals surface area (Å²) in [6.45, 7) is 0.968. The van der Waals surface area contributed by atoms with Gasteiger partial charge in [-0.3, -0.25) is 4.90 Å². The summed E-state index contributed by atoms with van der Waals surface area (Å²) in [5.41, 5.74) is 3.59. The second-order valence-corrected chi connectivity index (χ2v) is 7.63. The van der Waals surface area contributed by atoms with Crippen LogP contribution in [0.25, 0.3) is 0 Å². The summed E-state index contributed by atoms with van der Waals surface area (Å²) in [5, 5.41) is 10.3. The second-order valence-electron chi connectivity index (χ2n) is 6.47. The smallest absolute Gasteiger partial charge is 0.161 e. The molecule has 26 heavy (non-hydrogen) atoms. The number of ether oxygens (including phenoxy) is 3. The van der Waals surface area contributed by atoms with Crippen LogP contribution in [0, 0.1) is 3.57 Å². The highest BCUT2D eigenvalue weighted by Gasteiger charge is 2.27. The van der Waals surface area contributed by atoms with Crippen molar-refractivity contribution in [2.45, 2.75) is 18.9 Å². The van der Waals surface area contributed by atoms with Crippen molar-refractivity contribution >= 4 is 22.6 Å². The van der Waals surface area contributed by atoms with Gasteiger partial charge in [-0.2, -0.15) is 0 Å². The zero-order valence-electron chi connectivity index (χ0n) is 15.5. The van der Waals surface area contributed by atoms with E-state index < -0.39 is 0 Å². The van der Waals surface area contributed by atoms with Crippen LogP contribution >= 0.6 is 22.6 Å². The topological polar surface area (TPSA) is 51.2 Å². The number of phenolic OH excluding ortho intramolecular Hbond substituents is 1. The summed E-state index contributed by atoms with van der Waals surface area (Å²) < 4.78 is 17.3. The van der Waals surface area contributed by atoms with Crippen molar-refractivity contribution in [3.05, 3.63) is 44.5 Å². The zero-order chi connectivity index (χ0) is 18.8. The third-order valence-electron chi connectivity index (χ3n) is 5.03. The molecule has 140 valence electrons. The molecule has 2 aromatic carbocycles. The highest BCUT2D eigenvalue weighted by Crippen LogP contribution is 2.40. The summed E-state index contributed by atoms with van der Waals surface area (Å²) in [7, 11) is 7.01.